The minimum atomic E-state index is -4.57. The maximum atomic E-state index is 12.2. The highest BCUT2D eigenvalue weighted by molar-refractivity contribution is 7.15. The van der Waals surface area contributed by atoms with Crippen LogP contribution in [0, 0.1) is 0 Å². The summed E-state index contributed by atoms with van der Waals surface area (Å²) in [4.78, 5) is 11.3. The van der Waals surface area contributed by atoms with Crippen LogP contribution in [0.4, 0.5) is 28.8 Å². The average molecular weight is 278 g/mol. The molecule has 0 aliphatic rings. The molecule has 3 N–H and O–H groups in total. The minimum absolute atomic E-state index is 0.238. The number of halogens is 3. The van der Waals surface area contributed by atoms with E-state index >= 15 is 0 Å². The van der Waals surface area contributed by atoms with Gasteiger partial charge in [-0.2, -0.15) is 18.3 Å². The molecule has 0 aromatic carbocycles. The van der Waals surface area contributed by atoms with Crippen molar-refractivity contribution in [3.8, 4) is 0 Å². The first kappa shape index (κ1) is 12.3. The van der Waals surface area contributed by atoms with E-state index in [4.69, 9.17) is 0 Å². The zero-order valence-electron chi connectivity index (χ0n) is 8.45. The van der Waals surface area contributed by atoms with E-state index in [0.717, 1.165) is 0 Å². The van der Waals surface area contributed by atoms with Gasteiger partial charge in [-0.15, -0.1) is 10.2 Å². The van der Waals surface area contributed by atoms with Gasteiger partial charge in [0.25, 0.3) is 0 Å². The quantitative estimate of drug-likeness (QED) is 0.782. The summed E-state index contributed by atoms with van der Waals surface area (Å²) in [5, 5.41) is 15.2. The zero-order chi connectivity index (χ0) is 13.2. The number of carbonyl (C=O) groups excluding carboxylic acids is 1. The summed E-state index contributed by atoms with van der Waals surface area (Å²) in [6.45, 7) is 0. The van der Waals surface area contributed by atoms with Crippen LogP contribution in [0.1, 0.15) is 5.01 Å². The van der Waals surface area contributed by atoms with E-state index in [9.17, 15) is 18.0 Å². The fourth-order valence-corrected chi connectivity index (χ4v) is 1.57. The molecule has 2 heterocycles. The number of amides is 2. The Hall–Kier alpha value is -2.17. The summed E-state index contributed by atoms with van der Waals surface area (Å²) in [5.74, 6) is 0. The van der Waals surface area contributed by atoms with Gasteiger partial charge in [0.1, 0.15) is 0 Å². The highest BCUT2D eigenvalue weighted by Gasteiger charge is 2.35. The molecule has 0 fully saturated rings. The second-order valence-corrected chi connectivity index (χ2v) is 3.95. The van der Waals surface area contributed by atoms with Gasteiger partial charge < -0.3 is 5.32 Å². The van der Waals surface area contributed by atoms with Gasteiger partial charge in [-0.25, -0.2) is 4.79 Å². The summed E-state index contributed by atoms with van der Waals surface area (Å²) in [7, 11) is 0. The van der Waals surface area contributed by atoms with Crippen molar-refractivity contribution >= 4 is 28.2 Å². The van der Waals surface area contributed by atoms with Crippen molar-refractivity contribution in [2.75, 3.05) is 10.6 Å². The number of anilines is 2. The summed E-state index contributed by atoms with van der Waals surface area (Å²) >= 11 is 0.238. The van der Waals surface area contributed by atoms with Crippen LogP contribution in [0.2, 0.25) is 0 Å². The summed E-state index contributed by atoms with van der Waals surface area (Å²) in [6, 6.07) is -0.735. The van der Waals surface area contributed by atoms with Crippen molar-refractivity contribution in [3.05, 3.63) is 17.4 Å². The molecule has 0 bridgehead atoms. The smallest absolute Gasteiger partial charge is 0.305 e. The van der Waals surface area contributed by atoms with E-state index in [1.54, 1.807) is 0 Å². The molecule has 2 aromatic rings. The summed E-state index contributed by atoms with van der Waals surface area (Å²) < 4.78 is 36.6. The number of H-pyrrole nitrogens is 1. The Morgan fingerprint density at radius 3 is 2.67 bits per heavy atom. The number of alkyl halides is 3. The first-order valence-electron chi connectivity index (χ1n) is 4.42. The SMILES string of the molecule is O=C(Nc1cn[nH]c1)Nc1nnc(C(F)(F)F)s1. The molecule has 0 radical (unpaired) electrons. The second-order valence-electron chi connectivity index (χ2n) is 2.98. The number of nitrogens with zero attached hydrogens (tertiary/aromatic N) is 3. The Labute approximate surface area is 101 Å². The number of hydrogen-bond donors (Lipinski definition) is 3. The van der Waals surface area contributed by atoms with Crippen molar-refractivity contribution in [3.63, 3.8) is 0 Å². The van der Waals surface area contributed by atoms with E-state index in [0.29, 0.717) is 5.69 Å². The Kier molecular flexibility index (Phi) is 3.14. The monoisotopic (exact) mass is 278 g/mol. The van der Waals surface area contributed by atoms with Crippen LogP contribution in [-0.4, -0.2) is 26.4 Å². The molecule has 0 aliphatic heterocycles. The largest absolute Gasteiger partial charge is 0.445 e. The number of aromatic nitrogens is 4. The van der Waals surface area contributed by atoms with E-state index in [2.05, 4.69) is 31.0 Å². The predicted molar refractivity (Wildman–Crippen MR) is 56.1 cm³/mol. The van der Waals surface area contributed by atoms with Crippen molar-refractivity contribution in [2.24, 2.45) is 0 Å². The molecule has 0 saturated heterocycles. The predicted octanol–water partition coefficient (Wildman–Crippen LogP) is 1.92. The number of carbonyl (C=O) groups is 1. The molecular formula is C7H5F3N6OS. The van der Waals surface area contributed by atoms with Crippen LogP contribution in [0.5, 0.6) is 0 Å². The standard InChI is InChI=1S/C7H5F3N6OS/c8-7(9,10)4-15-16-6(18-4)14-5(17)13-3-1-11-12-2-3/h1-2H,(H,11,12)(H2,13,14,16,17). The highest BCUT2D eigenvalue weighted by Crippen LogP contribution is 2.32. The molecule has 7 nitrogen and oxygen atoms in total. The molecule has 0 saturated carbocycles. The van der Waals surface area contributed by atoms with Crippen LogP contribution < -0.4 is 10.6 Å². The van der Waals surface area contributed by atoms with Crippen LogP contribution in [0.25, 0.3) is 0 Å². The molecule has 0 aliphatic carbocycles. The van der Waals surface area contributed by atoms with Gasteiger partial charge in [0.05, 0.1) is 11.9 Å². The Morgan fingerprint density at radius 1 is 1.33 bits per heavy atom. The third-order valence-corrected chi connectivity index (χ3v) is 2.53. The van der Waals surface area contributed by atoms with E-state index in [1.807, 2.05) is 0 Å². The van der Waals surface area contributed by atoms with Gasteiger partial charge in [0, 0.05) is 6.20 Å². The topological polar surface area (TPSA) is 95.6 Å². The Morgan fingerprint density at radius 2 is 2.11 bits per heavy atom. The van der Waals surface area contributed by atoms with Crippen molar-refractivity contribution in [2.45, 2.75) is 6.18 Å². The van der Waals surface area contributed by atoms with Gasteiger partial charge in [0.2, 0.25) is 10.1 Å². The summed E-state index contributed by atoms with van der Waals surface area (Å²) in [5.41, 5.74) is 0.369. The normalized spacial score (nSPS) is 11.3. The molecule has 0 unspecified atom stereocenters. The number of nitrogens with one attached hydrogen (secondary N) is 3. The van der Waals surface area contributed by atoms with E-state index in [1.165, 1.54) is 12.4 Å². The molecular weight excluding hydrogens is 273 g/mol. The van der Waals surface area contributed by atoms with E-state index in [-0.39, 0.29) is 16.5 Å². The molecule has 2 rings (SSSR count). The van der Waals surface area contributed by atoms with E-state index < -0.39 is 17.2 Å². The molecule has 0 atom stereocenters. The first-order valence-corrected chi connectivity index (χ1v) is 5.24. The maximum Gasteiger partial charge on any atom is 0.445 e. The fraction of sp³-hybridized carbons (Fsp3) is 0.143. The number of hydrogen-bond acceptors (Lipinski definition) is 5. The lowest BCUT2D eigenvalue weighted by molar-refractivity contribution is -0.138. The molecule has 96 valence electrons. The van der Waals surface area contributed by atoms with Crippen molar-refractivity contribution in [1.82, 2.24) is 20.4 Å². The van der Waals surface area contributed by atoms with Gasteiger partial charge in [-0.3, -0.25) is 10.4 Å². The first-order chi connectivity index (χ1) is 8.45. The minimum Gasteiger partial charge on any atom is -0.305 e. The maximum absolute atomic E-state index is 12.2. The number of aromatic amines is 1. The zero-order valence-corrected chi connectivity index (χ0v) is 9.26. The van der Waals surface area contributed by atoms with Gasteiger partial charge in [-0.1, -0.05) is 11.3 Å². The molecule has 2 amide bonds. The van der Waals surface area contributed by atoms with Crippen LogP contribution >= 0.6 is 11.3 Å². The Balaban J connectivity index is 1.97. The van der Waals surface area contributed by atoms with Gasteiger partial charge in [-0.05, 0) is 0 Å². The van der Waals surface area contributed by atoms with Crippen molar-refractivity contribution < 1.29 is 18.0 Å². The van der Waals surface area contributed by atoms with Crippen LogP contribution in [0.15, 0.2) is 12.4 Å². The average Bonchev–Trinajstić information content (AvgIpc) is 2.87. The van der Waals surface area contributed by atoms with Crippen molar-refractivity contribution in [1.29, 1.82) is 0 Å². The lowest BCUT2D eigenvalue weighted by Crippen LogP contribution is -2.18. The second kappa shape index (κ2) is 4.60. The third kappa shape index (κ3) is 2.94. The molecule has 2 aromatic heterocycles. The molecule has 18 heavy (non-hydrogen) atoms. The highest BCUT2D eigenvalue weighted by atomic mass is 32.1. The Bertz CT molecular complexity index is 536. The van der Waals surface area contributed by atoms with Crippen LogP contribution in [-0.2, 0) is 6.18 Å². The lowest BCUT2D eigenvalue weighted by Gasteiger charge is -2.01. The summed E-state index contributed by atoms with van der Waals surface area (Å²) in [6.07, 6.45) is -1.83. The molecule has 0 spiro atoms. The molecule has 11 heteroatoms. The van der Waals surface area contributed by atoms with Gasteiger partial charge in [0.15, 0.2) is 0 Å². The number of urea groups is 1. The van der Waals surface area contributed by atoms with Crippen LogP contribution in [0.3, 0.4) is 0 Å². The number of rotatable bonds is 2. The third-order valence-electron chi connectivity index (χ3n) is 1.64. The van der Waals surface area contributed by atoms with Gasteiger partial charge >= 0.3 is 12.2 Å². The fourth-order valence-electron chi connectivity index (χ4n) is 0.967. The lowest BCUT2D eigenvalue weighted by atomic mass is 10.6.